The zero-order valence-electron chi connectivity index (χ0n) is 15.4. The number of aliphatic imine (C=N–C) groups is 1. The molecule has 0 radical (unpaired) electrons. The molecule has 9 heteroatoms. The van der Waals surface area contributed by atoms with Gasteiger partial charge in [-0.3, -0.25) is 4.79 Å². The van der Waals surface area contributed by atoms with Gasteiger partial charge in [-0.05, 0) is 31.0 Å². The number of nitrogens with one attached hydrogen (secondary N) is 2. The maximum Gasteiger partial charge on any atom is 0.416 e. The SMILES string of the molecule is CCCNC(=NCC(=O)N(C)C)NC(C)c1cccc(C(F)(F)F)c1.I. The number of alkyl halides is 3. The molecule has 0 aliphatic carbocycles. The van der Waals surface area contributed by atoms with Crippen molar-refractivity contribution < 1.29 is 18.0 Å². The zero-order chi connectivity index (χ0) is 19.0. The number of halogens is 4. The monoisotopic (exact) mass is 486 g/mol. The maximum atomic E-state index is 12.8. The van der Waals surface area contributed by atoms with Gasteiger partial charge in [-0.25, -0.2) is 4.99 Å². The minimum absolute atomic E-state index is 0. The van der Waals surface area contributed by atoms with E-state index < -0.39 is 17.8 Å². The number of guanidine groups is 1. The van der Waals surface area contributed by atoms with E-state index in [-0.39, 0.29) is 36.4 Å². The maximum absolute atomic E-state index is 12.8. The lowest BCUT2D eigenvalue weighted by molar-refractivity contribution is -0.137. The van der Waals surface area contributed by atoms with E-state index in [9.17, 15) is 18.0 Å². The van der Waals surface area contributed by atoms with Crippen molar-refractivity contribution in [3.05, 3.63) is 35.4 Å². The molecule has 1 rings (SSSR count). The van der Waals surface area contributed by atoms with Crippen LogP contribution >= 0.6 is 24.0 Å². The molecule has 1 aromatic carbocycles. The number of carbonyl (C=O) groups is 1. The fourth-order valence-electron chi connectivity index (χ4n) is 1.96. The zero-order valence-corrected chi connectivity index (χ0v) is 17.7. The molecule has 0 aliphatic heterocycles. The molecule has 2 N–H and O–H groups in total. The highest BCUT2D eigenvalue weighted by Gasteiger charge is 2.30. The van der Waals surface area contributed by atoms with Crippen LogP contribution in [0.5, 0.6) is 0 Å². The first-order valence-corrected chi connectivity index (χ1v) is 8.07. The molecular formula is C17H26F3IN4O. The Morgan fingerprint density at radius 1 is 1.31 bits per heavy atom. The van der Waals surface area contributed by atoms with Gasteiger partial charge in [0.25, 0.3) is 0 Å². The van der Waals surface area contributed by atoms with Crippen LogP contribution < -0.4 is 10.6 Å². The number of rotatable bonds is 6. The van der Waals surface area contributed by atoms with Gasteiger partial charge < -0.3 is 15.5 Å². The summed E-state index contributed by atoms with van der Waals surface area (Å²) in [6.45, 7) is 4.32. The second kappa shape index (κ2) is 11.2. The Labute approximate surface area is 169 Å². The van der Waals surface area contributed by atoms with Crippen molar-refractivity contribution in [2.24, 2.45) is 4.99 Å². The molecule has 0 fully saturated rings. The quantitative estimate of drug-likeness (QED) is 0.368. The molecule has 0 heterocycles. The summed E-state index contributed by atoms with van der Waals surface area (Å²) in [6, 6.07) is 4.74. The van der Waals surface area contributed by atoms with Gasteiger partial charge in [0.1, 0.15) is 6.54 Å². The van der Waals surface area contributed by atoms with Crippen molar-refractivity contribution in [2.45, 2.75) is 32.5 Å². The number of nitrogens with zero attached hydrogens (tertiary/aromatic N) is 2. The lowest BCUT2D eigenvalue weighted by atomic mass is 10.1. The van der Waals surface area contributed by atoms with Crippen LogP contribution in [0.1, 0.15) is 37.4 Å². The lowest BCUT2D eigenvalue weighted by Crippen LogP contribution is -2.40. The van der Waals surface area contributed by atoms with Crippen LogP contribution in [-0.2, 0) is 11.0 Å². The highest BCUT2D eigenvalue weighted by atomic mass is 127. The molecule has 0 aliphatic rings. The van der Waals surface area contributed by atoms with Crippen LogP contribution in [0.25, 0.3) is 0 Å². The number of hydrogen-bond donors (Lipinski definition) is 2. The van der Waals surface area contributed by atoms with Gasteiger partial charge in [-0.15, -0.1) is 24.0 Å². The molecule has 26 heavy (non-hydrogen) atoms. The largest absolute Gasteiger partial charge is 0.416 e. The average molecular weight is 486 g/mol. The van der Waals surface area contributed by atoms with E-state index in [0.717, 1.165) is 18.6 Å². The summed E-state index contributed by atoms with van der Waals surface area (Å²) in [5.41, 5.74) is -0.207. The molecule has 1 amide bonds. The number of hydrogen-bond acceptors (Lipinski definition) is 2. The second-order valence-corrected chi connectivity index (χ2v) is 5.87. The van der Waals surface area contributed by atoms with Gasteiger partial charge in [0.05, 0.1) is 11.6 Å². The Kier molecular flexibility index (Phi) is 10.6. The van der Waals surface area contributed by atoms with Crippen LogP contribution in [0.15, 0.2) is 29.3 Å². The second-order valence-electron chi connectivity index (χ2n) is 5.87. The third-order valence-electron chi connectivity index (χ3n) is 3.48. The van der Waals surface area contributed by atoms with Gasteiger partial charge in [0.15, 0.2) is 5.96 Å². The van der Waals surface area contributed by atoms with Crippen LogP contribution in [0, 0.1) is 0 Å². The summed E-state index contributed by atoms with van der Waals surface area (Å²) >= 11 is 0. The molecule has 0 spiro atoms. The van der Waals surface area contributed by atoms with Crippen molar-refractivity contribution in [3.8, 4) is 0 Å². The molecule has 5 nitrogen and oxygen atoms in total. The summed E-state index contributed by atoms with van der Waals surface area (Å²) in [6.07, 6.45) is -3.54. The van der Waals surface area contributed by atoms with Crippen LogP contribution in [0.4, 0.5) is 13.2 Å². The predicted molar refractivity (Wildman–Crippen MR) is 108 cm³/mol. The molecule has 1 aromatic rings. The van der Waals surface area contributed by atoms with Gasteiger partial charge in [0, 0.05) is 20.6 Å². The highest BCUT2D eigenvalue weighted by Crippen LogP contribution is 2.30. The molecular weight excluding hydrogens is 460 g/mol. The van der Waals surface area contributed by atoms with Crippen molar-refractivity contribution in [1.29, 1.82) is 0 Å². The van der Waals surface area contributed by atoms with E-state index in [0.29, 0.717) is 18.1 Å². The summed E-state index contributed by atoms with van der Waals surface area (Å²) in [4.78, 5) is 17.3. The highest BCUT2D eigenvalue weighted by molar-refractivity contribution is 14.0. The molecule has 0 bridgehead atoms. The third kappa shape index (κ3) is 8.24. The molecule has 1 unspecified atom stereocenters. The van der Waals surface area contributed by atoms with Gasteiger partial charge >= 0.3 is 6.18 Å². The van der Waals surface area contributed by atoms with Crippen molar-refractivity contribution >= 4 is 35.8 Å². The summed E-state index contributed by atoms with van der Waals surface area (Å²) in [7, 11) is 3.27. The summed E-state index contributed by atoms with van der Waals surface area (Å²) < 4.78 is 38.5. The lowest BCUT2D eigenvalue weighted by Gasteiger charge is -2.20. The van der Waals surface area contributed by atoms with E-state index in [1.54, 1.807) is 27.1 Å². The first kappa shape index (κ1) is 24.5. The molecule has 1 atom stereocenters. The normalized spacial score (nSPS) is 12.8. The van der Waals surface area contributed by atoms with Crippen LogP contribution in [0.2, 0.25) is 0 Å². The Morgan fingerprint density at radius 3 is 2.50 bits per heavy atom. The fourth-order valence-corrected chi connectivity index (χ4v) is 1.96. The van der Waals surface area contributed by atoms with E-state index in [4.69, 9.17) is 0 Å². The first-order valence-electron chi connectivity index (χ1n) is 8.07. The number of amides is 1. The predicted octanol–water partition coefficient (Wildman–Crippen LogP) is 3.42. The Hall–Kier alpha value is -1.52. The number of benzene rings is 1. The first-order chi connectivity index (χ1) is 11.6. The third-order valence-corrected chi connectivity index (χ3v) is 3.48. The molecule has 0 saturated carbocycles. The van der Waals surface area contributed by atoms with Crippen LogP contribution in [0.3, 0.4) is 0 Å². The summed E-state index contributed by atoms with van der Waals surface area (Å²) in [5, 5.41) is 6.10. The van der Waals surface area contributed by atoms with Crippen molar-refractivity contribution in [3.63, 3.8) is 0 Å². The minimum Gasteiger partial charge on any atom is -0.356 e. The fraction of sp³-hybridized carbons (Fsp3) is 0.529. The van der Waals surface area contributed by atoms with Crippen molar-refractivity contribution in [2.75, 3.05) is 27.2 Å². The smallest absolute Gasteiger partial charge is 0.356 e. The topological polar surface area (TPSA) is 56.7 Å². The van der Waals surface area contributed by atoms with E-state index in [2.05, 4.69) is 15.6 Å². The van der Waals surface area contributed by atoms with Crippen molar-refractivity contribution in [1.82, 2.24) is 15.5 Å². The summed E-state index contributed by atoms with van der Waals surface area (Å²) in [5.74, 6) is 0.228. The Bertz CT molecular complexity index is 606. The minimum atomic E-state index is -4.38. The van der Waals surface area contributed by atoms with Crippen LogP contribution in [-0.4, -0.2) is 44.0 Å². The van der Waals surface area contributed by atoms with E-state index in [1.165, 1.54) is 11.0 Å². The molecule has 0 aromatic heterocycles. The molecule has 148 valence electrons. The Balaban J connectivity index is 0.00000625. The van der Waals surface area contributed by atoms with Gasteiger partial charge in [0.2, 0.25) is 5.91 Å². The van der Waals surface area contributed by atoms with Gasteiger partial charge in [-0.1, -0.05) is 19.1 Å². The number of carbonyl (C=O) groups excluding carboxylic acids is 1. The van der Waals surface area contributed by atoms with Gasteiger partial charge in [-0.2, -0.15) is 13.2 Å². The standard InChI is InChI=1S/C17H25F3N4O.HI/c1-5-9-21-16(22-11-15(25)24(3)4)23-12(2)13-7-6-8-14(10-13)17(18,19)20;/h6-8,10,12H,5,9,11H2,1-4H3,(H2,21,22,23);1H. The Morgan fingerprint density at radius 2 is 1.96 bits per heavy atom. The average Bonchev–Trinajstić information content (AvgIpc) is 2.56. The molecule has 0 saturated heterocycles. The van der Waals surface area contributed by atoms with E-state index >= 15 is 0 Å². The number of likely N-dealkylation sites (N-methyl/N-ethyl adjacent to an activating group) is 1. The van der Waals surface area contributed by atoms with E-state index in [1.807, 2.05) is 6.92 Å².